The molecule has 1 saturated heterocycles. The fourth-order valence-corrected chi connectivity index (χ4v) is 5.57. The van der Waals surface area contributed by atoms with Gasteiger partial charge in [-0.25, -0.2) is 12.8 Å². The summed E-state index contributed by atoms with van der Waals surface area (Å²) < 4.78 is 49.1. The number of hydrogen-bond donors (Lipinski definition) is 0. The van der Waals surface area contributed by atoms with Gasteiger partial charge in [0.15, 0.2) is 0 Å². The van der Waals surface area contributed by atoms with E-state index in [9.17, 15) is 12.8 Å². The van der Waals surface area contributed by atoms with Crippen LogP contribution in [0.1, 0.15) is 26.7 Å². The summed E-state index contributed by atoms with van der Waals surface area (Å²) in [6, 6.07) is 10.6. The first-order valence-electron chi connectivity index (χ1n) is 10.7. The first-order valence-corrected chi connectivity index (χ1v) is 12.1. The van der Waals surface area contributed by atoms with Gasteiger partial charge in [0.2, 0.25) is 0 Å². The average Bonchev–Trinajstić information content (AvgIpc) is 3.14. The third-order valence-corrected chi connectivity index (χ3v) is 7.33. The lowest BCUT2D eigenvalue weighted by Gasteiger charge is -2.26. The van der Waals surface area contributed by atoms with Crippen LogP contribution in [0.3, 0.4) is 0 Å². The number of anilines is 1. The third kappa shape index (κ3) is 4.91. The highest BCUT2D eigenvalue weighted by molar-refractivity contribution is 7.92. The highest BCUT2D eigenvalue weighted by atomic mass is 32.2. The molecule has 0 aliphatic carbocycles. The Morgan fingerprint density at radius 1 is 1.16 bits per heavy atom. The third-order valence-electron chi connectivity index (χ3n) is 5.54. The summed E-state index contributed by atoms with van der Waals surface area (Å²) in [4.78, 5) is 0.204. The van der Waals surface area contributed by atoms with Crippen molar-refractivity contribution < 1.29 is 17.5 Å². The fourth-order valence-electron chi connectivity index (χ4n) is 3.91. The van der Waals surface area contributed by atoms with Gasteiger partial charge in [0.1, 0.15) is 5.82 Å². The maximum Gasteiger partial charge on any atom is 0.264 e. The lowest BCUT2D eigenvalue weighted by molar-refractivity contribution is 0.0602. The Morgan fingerprint density at radius 2 is 1.87 bits per heavy atom. The van der Waals surface area contributed by atoms with Gasteiger partial charge in [-0.05, 0) is 67.1 Å². The molecule has 31 heavy (non-hydrogen) atoms. The molecule has 0 amide bonds. The molecule has 6 nitrogen and oxygen atoms in total. The van der Waals surface area contributed by atoms with Crippen LogP contribution in [0.4, 0.5) is 10.1 Å². The number of benzene rings is 2. The minimum atomic E-state index is -3.81. The Morgan fingerprint density at radius 3 is 2.55 bits per heavy atom. The highest BCUT2D eigenvalue weighted by Crippen LogP contribution is 2.27. The molecule has 166 valence electrons. The van der Waals surface area contributed by atoms with Gasteiger partial charge in [0, 0.05) is 37.9 Å². The van der Waals surface area contributed by atoms with Crippen molar-refractivity contribution in [2.24, 2.45) is 11.8 Å². The van der Waals surface area contributed by atoms with Crippen LogP contribution in [0.5, 0.6) is 0 Å². The molecule has 2 heterocycles. The molecule has 1 aliphatic rings. The smallest absolute Gasteiger partial charge is 0.264 e. The Kier molecular flexibility index (Phi) is 6.29. The molecule has 0 atom stereocenters. The summed E-state index contributed by atoms with van der Waals surface area (Å²) in [5.74, 6) is 0.223. The van der Waals surface area contributed by atoms with Gasteiger partial charge in [-0.1, -0.05) is 13.8 Å². The van der Waals surface area contributed by atoms with E-state index in [4.69, 9.17) is 4.74 Å². The van der Waals surface area contributed by atoms with Gasteiger partial charge >= 0.3 is 0 Å². The number of ether oxygens (including phenoxy) is 1. The molecule has 4 rings (SSSR count). The van der Waals surface area contributed by atoms with Gasteiger partial charge in [-0.3, -0.25) is 8.99 Å². The molecule has 1 fully saturated rings. The zero-order chi connectivity index (χ0) is 22.0. The number of sulfonamides is 1. The van der Waals surface area contributed by atoms with E-state index in [0.29, 0.717) is 18.2 Å². The summed E-state index contributed by atoms with van der Waals surface area (Å²) in [6.07, 6.45) is 3.93. The molecular weight excluding hydrogens is 417 g/mol. The molecule has 1 aliphatic heterocycles. The fraction of sp³-hybridized carbons (Fsp3) is 0.435. The number of hydrogen-bond acceptors (Lipinski definition) is 4. The van der Waals surface area contributed by atoms with Crippen molar-refractivity contribution in [1.82, 2.24) is 9.78 Å². The Balaban J connectivity index is 1.65. The number of rotatable bonds is 7. The van der Waals surface area contributed by atoms with Crippen molar-refractivity contribution >= 4 is 26.6 Å². The minimum Gasteiger partial charge on any atom is -0.381 e. The van der Waals surface area contributed by atoms with E-state index < -0.39 is 15.8 Å². The van der Waals surface area contributed by atoms with Crippen LogP contribution in [0.25, 0.3) is 10.9 Å². The lowest BCUT2D eigenvalue weighted by Crippen LogP contribution is -2.34. The van der Waals surface area contributed by atoms with Crippen LogP contribution in [0.2, 0.25) is 0 Å². The van der Waals surface area contributed by atoms with Crippen LogP contribution >= 0.6 is 0 Å². The zero-order valence-corrected chi connectivity index (χ0v) is 18.7. The summed E-state index contributed by atoms with van der Waals surface area (Å²) in [7, 11) is -3.81. The monoisotopic (exact) mass is 445 g/mol. The van der Waals surface area contributed by atoms with Crippen LogP contribution in [0.15, 0.2) is 53.6 Å². The zero-order valence-electron chi connectivity index (χ0n) is 17.9. The van der Waals surface area contributed by atoms with Gasteiger partial charge < -0.3 is 4.74 Å². The van der Waals surface area contributed by atoms with Crippen molar-refractivity contribution in [2.45, 2.75) is 38.1 Å². The number of fused-ring (bicyclic) bond motifs is 1. The molecule has 1 aromatic heterocycles. The second kappa shape index (κ2) is 8.96. The summed E-state index contributed by atoms with van der Waals surface area (Å²) in [5, 5.41) is 5.41. The van der Waals surface area contributed by atoms with Crippen molar-refractivity contribution in [1.29, 1.82) is 0 Å². The second-order valence-electron chi connectivity index (χ2n) is 8.53. The summed E-state index contributed by atoms with van der Waals surface area (Å²) >= 11 is 0. The van der Waals surface area contributed by atoms with E-state index in [0.717, 1.165) is 43.5 Å². The largest absolute Gasteiger partial charge is 0.381 e. The maximum atomic E-state index is 13.5. The summed E-state index contributed by atoms with van der Waals surface area (Å²) in [5.41, 5.74) is 1.22. The number of halogens is 1. The van der Waals surface area contributed by atoms with Gasteiger partial charge in [-0.15, -0.1) is 0 Å². The Hall–Kier alpha value is -2.45. The quantitative estimate of drug-likeness (QED) is 0.539. The molecule has 0 N–H and O–H groups in total. The molecule has 8 heteroatoms. The van der Waals surface area contributed by atoms with Crippen LogP contribution in [-0.2, 0) is 21.3 Å². The van der Waals surface area contributed by atoms with Crippen molar-refractivity contribution in [3.63, 3.8) is 0 Å². The minimum absolute atomic E-state index is 0.103. The number of aromatic nitrogens is 2. The molecule has 0 radical (unpaired) electrons. The van der Waals surface area contributed by atoms with E-state index in [1.165, 1.54) is 28.6 Å². The Bertz CT molecular complexity index is 1140. The molecular formula is C23H28FN3O3S. The van der Waals surface area contributed by atoms with Crippen LogP contribution in [0, 0.1) is 17.7 Å². The van der Waals surface area contributed by atoms with Crippen molar-refractivity contribution in [3.8, 4) is 0 Å². The van der Waals surface area contributed by atoms with Crippen molar-refractivity contribution in [3.05, 3.63) is 54.5 Å². The predicted octanol–water partition coefficient (Wildman–Crippen LogP) is 4.45. The van der Waals surface area contributed by atoms with Gasteiger partial charge in [0.25, 0.3) is 10.0 Å². The molecule has 0 bridgehead atoms. The predicted molar refractivity (Wildman–Crippen MR) is 119 cm³/mol. The Labute approximate surface area is 182 Å². The molecule has 0 unspecified atom stereocenters. The standard InChI is InChI=1S/C23H28FN3O3S/c1-17(2)14-27(21-5-3-20(24)4-6-21)31(28,29)22-7-8-23-19(13-22)16-26(25-23)15-18-9-11-30-12-10-18/h3-8,13,16-18H,9-12,14-15H2,1-2H3. The van der Waals surface area contributed by atoms with Gasteiger partial charge in [-0.2, -0.15) is 5.10 Å². The highest BCUT2D eigenvalue weighted by Gasteiger charge is 2.26. The van der Waals surface area contributed by atoms with Crippen LogP contribution in [-0.4, -0.2) is 38.0 Å². The van der Waals surface area contributed by atoms with Crippen molar-refractivity contribution in [2.75, 3.05) is 24.1 Å². The first-order chi connectivity index (χ1) is 14.8. The van der Waals surface area contributed by atoms with E-state index in [-0.39, 0.29) is 10.8 Å². The molecule has 0 saturated carbocycles. The molecule has 0 spiro atoms. The SMILES string of the molecule is CC(C)CN(c1ccc(F)cc1)S(=O)(=O)c1ccc2nn(CC3CCOCC3)cc2c1. The van der Waals surface area contributed by atoms with Crippen LogP contribution < -0.4 is 4.31 Å². The second-order valence-corrected chi connectivity index (χ2v) is 10.4. The van der Waals surface area contributed by atoms with E-state index >= 15 is 0 Å². The van der Waals surface area contributed by atoms with E-state index in [1.807, 2.05) is 24.7 Å². The molecule has 3 aromatic rings. The lowest BCUT2D eigenvalue weighted by atomic mass is 10.0. The van der Waals surface area contributed by atoms with E-state index in [1.54, 1.807) is 18.2 Å². The number of nitrogens with zero attached hydrogens (tertiary/aromatic N) is 3. The molecule has 2 aromatic carbocycles. The van der Waals surface area contributed by atoms with Gasteiger partial charge in [0.05, 0.1) is 16.1 Å². The van der Waals surface area contributed by atoms with E-state index in [2.05, 4.69) is 5.10 Å². The average molecular weight is 446 g/mol. The topological polar surface area (TPSA) is 64.4 Å². The normalized spacial score (nSPS) is 15.6. The maximum absolute atomic E-state index is 13.5. The first kappa shape index (κ1) is 21.8. The summed E-state index contributed by atoms with van der Waals surface area (Å²) in [6.45, 7) is 6.57.